The fourth-order valence-corrected chi connectivity index (χ4v) is 0. The van der Waals surface area contributed by atoms with Crippen LogP contribution < -0.4 is 37.2 Å². The van der Waals surface area contributed by atoms with Gasteiger partial charge in [0.2, 0.25) is 0 Å². The molecule has 0 unspecified atom stereocenters. The summed E-state index contributed by atoms with van der Waals surface area (Å²) >= 11 is 0. The first-order valence-corrected chi connectivity index (χ1v) is 0. The summed E-state index contributed by atoms with van der Waals surface area (Å²) in [4.78, 5) is 0. The predicted octanol–water partition coefficient (Wildman–Crippen LogP) is -9.82. The zero-order valence-electron chi connectivity index (χ0n) is 1.94. The fraction of sp³-hybridized carbons (Fsp3) is 0. The maximum Gasteiger partial charge on any atom is 3.00 e. The molecule has 0 saturated heterocycles. The van der Waals surface area contributed by atoms with Crippen molar-refractivity contribution in [3.05, 3.63) is 0 Å². The Balaban J connectivity index is 0. The molecule has 2 N–H and O–H groups in total. The number of rotatable bonds is 0. The van der Waals surface area contributed by atoms with Gasteiger partial charge < -0.3 is 42.7 Å². The van der Waals surface area contributed by atoms with E-state index in [1.54, 1.807) is 0 Å². The zero-order valence-corrected chi connectivity index (χ0v) is 6.37. The van der Waals surface area contributed by atoms with E-state index in [0.29, 0.717) is 0 Å². The molecule has 0 atom stereocenters. The van der Waals surface area contributed by atoms with Crippen LogP contribution in [0, 0.1) is 0 Å². The van der Waals surface area contributed by atoms with E-state index in [0.717, 1.165) is 0 Å². The molecule has 5 heavy (non-hydrogen) atoms. The van der Waals surface area contributed by atoms with Crippen LogP contribution >= 0.6 is 0 Å². The smallest absolute Gasteiger partial charge is 1.00 e. The molecule has 0 radical (unpaired) electrons. The minimum absolute atomic E-state index is 0. The Labute approximate surface area is 64.9 Å². The maximum atomic E-state index is 0. The van der Waals surface area contributed by atoms with Crippen LogP contribution in [0.2, 0.25) is 0 Å². The molecule has 0 rings (SSSR count). The molecule has 40 valence electrons. The molecule has 0 fully saturated rings. The number of halogens is 3. The summed E-state index contributed by atoms with van der Waals surface area (Å²) in [5, 5.41) is 0. The molecular weight excluding hydrogens is 319 g/mol. The SMILES string of the molecule is O.[Au+3].[Cl-].[Cl-].[Cl-]. The van der Waals surface area contributed by atoms with E-state index in [4.69, 9.17) is 0 Å². The average molecular weight is 321 g/mol. The van der Waals surface area contributed by atoms with E-state index in [1.165, 1.54) is 0 Å². The van der Waals surface area contributed by atoms with E-state index in [1.807, 2.05) is 0 Å². The van der Waals surface area contributed by atoms with Crippen molar-refractivity contribution in [3.8, 4) is 0 Å². The van der Waals surface area contributed by atoms with Crippen LogP contribution in [0.1, 0.15) is 0 Å². The summed E-state index contributed by atoms with van der Waals surface area (Å²) in [6.07, 6.45) is 0. The van der Waals surface area contributed by atoms with Gasteiger partial charge >= 0.3 is 22.4 Å². The molecule has 0 heterocycles. The molecule has 0 aromatic heterocycles. The van der Waals surface area contributed by atoms with Gasteiger partial charge in [-0.05, 0) is 0 Å². The molecule has 1 nitrogen and oxygen atoms in total. The Morgan fingerprint density at radius 2 is 0.600 bits per heavy atom. The second kappa shape index (κ2) is 47.2. The van der Waals surface area contributed by atoms with Crippen LogP contribution in [-0.2, 0) is 22.4 Å². The second-order valence-electron chi connectivity index (χ2n) is 0. The molecule has 0 aromatic rings. The predicted molar refractivity (Wildman–Crippen MR) is 3.61 cm³/mol. The first kappa shape index (κ1) is 82.7. The molecule has 0 bridgehead atoms. The molecule has 0 saturated carbocycles. The second-order valence-corrected chi connectivity index (χ2v) is 0. The van der Waals surface area contributed by atoms with Gasteiger partial charge in [-0.2, -0.15) is 0 Å². The van der Waals surface area contributed by atoms with Crippen molar-refractivity contribution < 1.29 is 65.1 Å². The Morgan fingerprint density at radius 3 is 0.600 bits per heavy atom. The number of hydrogen-bond donors (Lipinski definition) is 0. The van der Waals surface area contributed by atoms with Crippen molar-refractivity contribution in [1.82, 2.24) is 0 Å². The quantitative estimate of drug-likeness (QED) is 0.397. The van der Waals surface area contributed by atoms with Crippen LogP contribution in [0.4, 0.5) is 0 Å². The third kappa shape index (κ3) is 28.8. The van der Waals surface area contributed by atoms with E-state index in [9.17, 15) is 0 Å². The van der Waals surface area contributed by atoms with Crippen molar-refractivity contribution in [2.24, 2.45) is 0 Å². The first-order valence-electron chi connectivity index (χ1n) is 0. The fourth-order valence-electron chi connectivity index (χ4n) is 0. The van der Waals surface area contributed by atoms with Gasteiger partial charge in [-0.3, -0.25) is 0 Å². The standard InChI is InChI=1S/Au.3ClH.H2O/h;3*1H;1H2/q+3;;;;/p-3. The minimum Gasteiger partial charge on any atom is -1.00 e. The molecule has 0 aliphatic carbocycles. The van der Waals surface area contributed by atoms with Gasteiger partial charge in [0.05, 0.1) is 0 Å². The summed E-state index contributed by atoms with van der Waals surface area (Å²) in [6.45, 7) is 0. The monoisotopic (exact) mass is 320 g/mol. The Kier molecular flexibility index (Phi) is 780. The van der Waals surface area contributed by atoms with Crippen molar-refractivity contribution in [2.75, 3.05) is 0 Å². The Bertz CT molecular complexity index is 6.85. The molecule has 0 aliphatic heterocycles. The largest absolute Gasteiger partial charge is 3.00 e. The van der Waals surface area contributed by atoms with Gasteiger partial charge in [0.15, 0.2) is 0 Å². The molecule has 0 amide bonds. The summed E-state index contributed by atoms with van der Waals surface area (Å²) in [7, 11) is 0. The van der Waals surface area contributed by atoms with Crippen LogP contribution in [0.3, 0.4) is 0 Å². The van der Waals surface area contributed by atoms with Crippen molar-refractivity contribution in [3.63, 3.8) is 0 Å². The van der Waals surface area contributed by atoms with Crippen LogP contribution in [-0.4, -0.2) is 5.48 Å². The summed E-state index contributed by atoms with van der Waals surface area (Å²) in [6, 6.07) is 0. The van der Waals surface area contributed by atoms with Crippen LogP contribution in [0.15, 0.2) is 0 Å². The molecule has 0 aromatic carbocycles. The summed E-state index contributed by atoms with van der Waals surface area (Å²) < 4.78 is 0. The maximum absolute atomic E-state index is 0. The molecule has 5 heteroatoms. The van der Waals surface area contributed by atoms with E-state index in [2.05, 4.69) is 0 Å². The van der Waals surface area contributed by atoms with Crippen molar-refractivity contribution in [2.45, 2.75) is 0 Å². The van der Waals surface area contributed by atoms with Crippen LogP contribution in [0.25, 0.3) is 0 Å². The van der Waals surface area contributed by atoms with Crippen LogP contribution in [0.5, 0.6) is 0 Å². The third-order valence-corrected chi connectivity index (χ3v) is 0. The average Bonchev–Trinajstić information content (AvgIpc) is 0. The van der Waals surface area contributed by atoms with E-state index >= 15 is 0 Å². The zero-order chi connectivity index (χ0) is 0. The molecule has 0 spiro atoms. The molecule has 0 aliphatic rings. The van der Waals surface area contributed by atoms with E-state index in [-0.39, 0.29) is 65.1 Å². The Morgan fingerprint density at radius 1 is 0.600 bits per heavy atom. The summed E-state index contributed by atoms with van der Waals surface area (Å²) in [5.41, 5.74) is 0. The summed E-state index contributed by atoms with van der Waals surface area (Å²) in [5.74, 6) is 0. The van der Waals surface area contributed by atoms with Gasteiger partial charge in [-0.25, -0.2) is 0 Å². The van der Waals surface area contributed by atoms with Gasteiger partial charge in [-0.15, -0.1) is 0 Å². The van der Waals surface area contributed by atoms with Gasteiger partial charge in [0, 0.05) is 0 Å². The third-order valence-electron chi connectivity index (χ3n) is 0. The number of hydrogen-bond acceptors (Lipinski definition) is 0. The Hall–Kier alpha value is 1.57. The molecular formula is H2AuCl3O. The first-order chi connectivity index (χ1) is 0. The van der Waals surface area contributed by atoms with Gasteiger partial charge in [-0.1, -0.05) is 0 Å². The minimum atomic E-state index is 0. The van der Waals surface area contributed by atoms with Crippen molar-refractivity contribution in [1.29, 1.82) is 0 Å². The van der Waals surface area contributed by atoms with Crippen molar-refractivity contribution >= 4 is 0 Å². The van der Waals surface area contributed by atoms with Gasteiger partial charge in [0.25, 0.3) is 0 Å². The topological polar surface area (TPSA) is 31.5 Å². The normalized spacial score (nSPS) is 0. The van der Waals surface area contributed by atoms with E-state index < -0.39 is 0 Å². The van der Waals surface area contributed by atoms with Gasteiger partial charge in [0.1, 0.15) is 0 Å².